The minimum Gasteiger partial charge on any atom is -0.354 e. The summed E-state index contributed by atoms with van der Waals surface area (Å²) in [4.78, 5) is 19.7. The molecule has 3 aromatic carbocycles. The molecule has 1 aliphatic rings. The highest BCUT2D eigenvalue weighted by Crippen LogP contribution is 2.36. The summed E-state index contributed by atoms with van der Waals surface area (Å²) >= 11 is 12.8. The maximum absolute atomic E-state index is 12.6. The monoisotopic (exact) mass is 517 g/mol. The van der Waals surface area contributed by atoms with Crippen LogP contribution in [0, 0.1) is 6.92 Å². The molecule has 1 N–H and O–H groups in total. The molecule has 184 valence electrons. The molecule has 0 bridgehead atoms. The van der Waals surface area contributed by atoms with E-state index in [1.54, 1.807) is 13.1 Å². The smallest absolute Gasteiger partial charge is 0.163 e. The number of fused-ring (bicyclic) bond motifs is 1. The summed E-state index contributed by atoms with van der Waals surface area (Å²) < 4.78 is 0. The molecule has 6 heteroatoms. The van der Waals surface area contributed by atoms with Gasteiger partial charge in [-0.25, -0.2) is 0 Å². The van der Waals surface area contributed by atoms with Crippen molar-refractivity contribution in [2.75, 3.05) is 25.0 Å². The van der Waals surface area contributed by atoms with Crippen molar-refractivity contribution in [1.29, 1.82) is 0 Å². The Morgan fingerprint density at radius 2 is 1.75 bits per heavy atom. The third-order valence-corrected chi connectivity index (χ3v) is 7.76. The van der Waals surface area contributed by atoms with Crippen LogP contribution >= 0.6 is 23.2 Å². The molecule has 2 heterocycles. The van der Waals surface area contributed by atoms with E-state index in [2.05, 4.69) is 33.4 Å². The topological polar surface area (TPSA) is 45.2 Å². The summed E-state index contributed by atoms with van der Waals surface area (Å²) in [6, 6.07) is 18.3. The number of pyridine rings is 1. The Hall–Kier alpha value is -2.92. The van der Waals surface area contributed by atoms with Crippen LogP contribution in [-0.4, -0.2) is 35.3 Å². The lowest BCUT2D eigenvalue weighted by molar-refractivity contribution is 0.101. The van der Waals surface area contributed by atoms with Crippen LogP contribution in [0.15, 0.2) is 60.8 Å². The maximum Gasteiger partial charge on any atom is 0.163 e. The molecule has 36 heavy (non-hydrogen) atoms. The molecule has 4 nitrogen and oxygen atoms in total. The highest BCUT2D eigenvalue weighted by Gasteiger charge is 2.16. The number of aromatic nitrogens is 1. The molecule has 1 aliphatic heterocycles. The van der Waals surface area contributed by atoms with Gasteiger partial charge in [-0.1, -0.05) is 41.4 Å². The summed E-state index contributed by atoms with van der Waals surface area (Å²) in [5, 5.41) is 5.67. The van der Waals surface area contributed by atoms with E-state index < -0.39 is 0 Å². The first-order valence-electron chi connectivity index (χ1n) is 12.4. The number of likely N-dealkylation sites (tertiary alicyclic amines) is 1. The summed E-state index contributed by atoms with van der Waals surface area (Å²) in [5.41, 5.74) is 7.08. The lowest BCUT2D eigenvalue weighted by atomic mass is 9.99. The SMILES string of the molecule is CC(=O)c1cnc2ccc(-c3cc(Cl)c(C)c(Cl)c3)cc2c1Nc1cccc(CCN2CCCC2)c1. The van der Waals surface area contributed by atoms with Crippen LogP contribution in [0.25, 0.3) is 22.0 Å². The lowest BCUT2D eigenvalue weighted by Gasteiger charge is -2.17. The van der Waals surface area contributed by atoms with E-state index in [0.717, 1.165) is 51.9 Å². The number of rotatable bonds is 7. The predicted molar refractivity (Wildman–Crippen MR) is 151 cm³/mol. The first kappa shape index (κ1) is 24.8. The van der Waals surface area contributed by atoms with Crippen molar-refractivity contribution in [3.63, 3.8) is 0 Å². The number of ketones is 1. The van der Waals surface area contributed by atoms with Crippen molar-refractivity contribution in [3.8, 4) is 11.1 Å². The van der Waals surface area contributed by atoms with Crippen molar-refractivity contribution in [3.05, 3.63) is 87.5 Å². The summed E-state index contributed by atoms with van der Waals surface area (Å²) in [5.74, 6) is -0.0380. The lowest BCUT2D eigenvalue weighted by Crippen LogP contribution is -2.21. The van der Waals surface area contributed by atoms with Gasteiger partial charge < -0.3 is 10.2 Å². The second-order valence-electron chi connectivity index (χ2n) is 9.52. The molecule has 0 atom stereocenters. The van der Waals surface area contributed by atoms with E-state index in [9.17, 15) is 4.79 Å². The van der Waals surface area contributed by atoms with Crippen LogP contribution in [0.1, 0.15) is 41.3 Å². The van der Waals surface area contributed by atoms with Gasteiger partial charge in [-0.05, 0) is 105 Å². The molecule has 1 aromatic heterocycles. The third-order valence-electron chi connectivity index (χ3n) is 6.97. The van der Waals surface area contributed by atoms with Gasteiger partial charge in [-0.3, -0.25) is 9.78 Å². The molecule has 0 saturated carbocycles. The molecular formula is C30H29Cl2N3O. The van der Waals surface area contributed by atoms with Crippen LogP contribution in [-0.2, 0) is 6.42 Å². The molecule has 0 amide bonds. The van der Waals surface area contributed by atoms with Gasteiger partial charge in [0.15, 0.2) is 5.78 Å². The second kappa shape index (κ2) is 10.6. The number of benzene rings is 3. The fraction of sp³-hybridized carbons (Fsp3) is 0.267. The normalized spacial score (nSPS) is 13.9. The van der Waals surface area contributed by atoms with Crippen LogP contribution < -0.4 is 5.32 Å². The second-order valence-corrected chi connectivity index (χ2v) is 10.3. The van der Waals surface area contributed by atoms with E-state index in [1.807, 2.05) is 43.3 Å². The quantitative estimate of drug-likeness (QED) is 0.251. The zero-order chi connectivity index (χ0) is 25.2. The summed E-state index contributed by atoms with van der Waals surface area (Å²) in [6.45, 7) is 6.94. The Morgan fingerprint density at radius 1 is 1.00 bits per heavy atom. The first-order chi connectivity index (χ1) is 17.4. The minimum atomic E-state index is -0.0380. The molecule has 0 spiro atoms. The van der Waals surface area contributed by atoms with E-state index in [1.165, 1.54) is 31.5 Å². The van der Waals surface area contributed by atoms with Crippen LogP contribution in [0.2, 0.25) is 10.0 Å². The minimum absolute atomic E-state index is 0.0380. The van der Waals surface area contributed by atoms with Crippen molar-refractivity contribution < 1.29 is 4.79 Å². The van der Waals surface area contributed by atoms with Crippen molar-refractivity contribution in [1.82, 2.24) is 9.88 Å². The average molecular weight is 518 g/mol. The van der Waals surface area contributed by atoms with Gasteiger partial charge in [0.2, 0.25) is 0 Å². The van der Waals surface area contributed by atoms with Gasteiger partial charge in [0.25, 0.3) is 0 Å². The molecule has 0 aliphatic carbocycles. The molecular weight excluding hydrogens is 489 g/mol. The Morgan fingerprint density at radius 3 is 2.47 bits per heavy atom. The molecule has 1 saturated heterocycles. The fourth-order valence-corrected chi connectivity index (χ4v) is 5.32. The molecule has 0 unspecified atom stereocenters. The van der Waals surface area contributed by atoms with Gasteiger partial charge in [0.05, 0.1) is 16.8 Å². The van der Waals surface area contributed by atoms with E-state index in [4.69, 9.17) is 23.2 Å². The van der Waals surface area contributed by atoms with Crippen molar-refractivity contribution in [2.24, 2.45) is 0 Å². The van der Waals surface area contributed by atoms with Crippen LogP contribution in [0.5, 0.6) is 0 Å². The molecule has 0 radical (unpaired) electrons. The standard InChI is InChI=1S/C30H29Cl2N3O/c1-19-27(31)16-23(17-28(19)32)22-8-9-29-25(15-22)30(26(18-33-29)20(2)36)34-24-7-5-6-21(14-24)10-13-35-11-3-4-12-35/h5-9,14-18H,3-4,10-13H2,1-2H3,(H,33,34). The highest BCUT2D eigenvalue weighted by molar-refractivity contribution is 6.36. The zero-order valence-electron chi connectivity index (χ0n) is 20.6. The van der Waals surface area contributed by atoms with Gasteiger partial charge in [-0.15, -0.1) is 0 Å². The molecule has 1 fully saturated rings. The highest BCUT2D eigenvalue weighted by atomic mass is 35.5. The van der Waals surface area contributed by atoms with Crippen LogP contribution in [0.3, 0.4) is 0 Å². The summed E-state index contributed by atoms with van der Waals surface area (Å²) in [7, 11) is 0. The van der Waals surface area contributed by atoms with Gasteiger partial charge in [0, 0.05) is 33.9 Å². The van der Waals surface area contributed by atoms with Crippen molar-refractivity contribution >= 4 is 51.3 Å². The van der Waals surface area contributed by atoms with E-state index >= 15 is 0 Å². The number of nitrogens with zero attached hydrogens (tertiary/aromatic N) is 2. The first-order valence-corrected chi connectivity index (χ1v) is 13.1. The number of hydrogen-bond acceptors (Lipinski definition) is 4. The third kappa shape index (κ3) is 5.27. The average Bonchev–Trinajstić information content (AvgIpc) is 3.39. The number of nitrogens with one attached hydrogen (secondary N) is 1. The zero-order valence-corrected chi connectivity index (χ0v) is 22.1. The number of anilines is 2. The number of hydrogen-bond donors (Lipinski definition) is 1. The number of carbonyl (C=O) groups excluding carboxylic acids is 1. The number of Topliss-reactive ketones (excluding diaryl/α,β-unsaturated/α-hetero) is 1. The molecule has 5 rings (SSSR count). The van der Waals surface area contributed by atoms with E-state index in [-0.39, 0.29) is 5.78 Å². The Kier molecular flexibility index (Phi) is 7.29. The van der Waals surface area contributed by atoms with Gasteiger partial charge in [-0.2, -0.15) is 0 Å². The Bertz CT molecular complexity index is 1420. The van der Waals surface area contributed by atoms with Gasteiger partial charge in [0.1, 0.15) is 0 Å². The largest absolute Gasteiger partial charge is 0.354 e. The number of halogens is 2. The predicted octanol–water partition coefficient (Wildman–Crippen LogP) is 8.10. The summed E-state index contributed by atoms with van der Waals surface area (Å²) in [6.07, 6.45) is 5.26. The maximum atomic E-state index is 12.6. The van der Waals surface area contributed by atoms with E-state index in [0.29, 0.717) is 15.6 Å². The Balaban J connectivity index is 1.53. The number of carbonyl (C=O) groups is 1. The molecule has 4 aromatic rings. The van der Waals surface area contributed by atoms with Crippen LogP contribution in [0.4, 0.5) is 11.4 Å². The Labute approximate surface area is 222 Å². The van der Waals surface area contributed by atoms with Crippen molar-refractivity contribution in [2.45, 2.75) is 33.1 Å². The van der Waals surface area contributed by atoms with Gasteiger partial charge >= 0.3 is 0 Å². The fourth-order valence-electron chi connectivity index (χ4n) is 4.83.